The summed E-state index contributed by atoms with van der Waals surface area (Å²) in [6, 6.07) is 9.14. The van der Waals surface area contributed by atoms with Gasteiger partial charge >= 0.3 is 0 Å². The van der Waals surface area contributed by atoms with Gasteiger partial charge < -0.3 is 10.4 Å². The maximum Gasteiger partial charge on any atom is 0.265 e. The van der Waals surface area contributed by atoms with Gasteiger partial charge in [0.1, 0.15) is 6.61 Å². The number of amides is 1. The molecule has 96 valence electrons. The lowest BCUT2D eigenvalue weighted by Gasteiger charge is -2.06. The molecule has 4 heteroatoms. The van der Waals surface area contributed by atoms with Gasteiger partial charge in [-0.2, -0.15) is 0 Å². The van der Waals surface area contributed by atoms with Crippen LogP contribution in [0.3, 0.4) is 0 Å². The van der Waals surface area contributed by atoms with Gasteiger partial charge in [-0.05, 0) is 42.1 Å². The first-order valence-corrected chi connectivity index (χ1v) is 6.64. The number of thiophene rings is 1. The molecule has 0 unspecified atom stereocenters. The molecule has 2 aromatic rings. The molecule has 1 aromatic carbocycles. The Morgan fingerprint density at radius 1 is 1.42 bits per heavy atom. The summed E-state index contributed by atoms with van der Waals surface area (Å²) in [5, 5.41) is 13.4. The third kappa shape index (κ3) is 3.44. The molecule has 0 bridgehead atoms. The molecule has 0 aliphatic rings. The zero-order valence-corrected chi connectivity index (χ0v) is 11.3. The van der Waals surface area contributed by atoms with Crippen molar-refractivity contribution in [1.82, 2.24) is 0 Å². The normalized spacial score (nSPS) is 9.58. The van der Waals surface area contributed by atoms with Crippen molar-refractivity contribution in [1.29, 1.82) is 0 Å². The molecule has 0 radical (unpaired) electrons. The smallest absolute Gasteiger partial charge is 0.265 e. The maximum absolute atomic E-state index is 11.9. The van der Waals surface area contributed by atoms with Gasteiger partial charge in [-0.3, -0.25) is 4.79 Å². The van der Waals surface area contributed by atoms with Crippen LogP contribution in [0.5, 0.6) is 0 Å². The Bertz CT molecular complexity index is 636. The molecule has 19 heavy (non-hydrogen) atoms. The second kappa shape index (κ2) is 6.19. The number of anilines is 1. The highest BCUT2D eigenvalue weighted by Crippen LogP contribution is 2.17. The van der Waals surface area contributed by atoms with E-state index in [-0.39, 0.29) is 12.5 Å². The first kappa shape index (κ1) is 13.3. The summed E-state index contributed by atoms with van der Waals surface area (Å²) < 4.78 is 0. The SMILES string of the molecule is Cc1cc(NC(=O)c2cccs2)ccc1C#CCO. The molecule has 0 atom stereocenters. The number of hydrogen-bond acceptors (Lipinski definition) is 3. The standard InChI is InChI=1S/C15H13NO2S/c1-11-10-13(7-6-12(11)4-2-8-17)16-15(18)14-5-3-9-19-14/h3,5-7,9-10,17H,8H2,1H3,(H,16,18). The first-order valence-electron chi connectivity index (χ1n) is 5.76. The number of benzene rings is 1. The monoisotopic (exact) mass is 271 g/mol. The summed E-state index contributed by atoms with van der Waals surface area (Å²) in [7, 11) is 0. The number of nitrogens with one attached hydrogen (secondary N) is 1. The zero-order valence-electron chi connectivity index (χ0n) is 10.4. The fourth-order valence-electron chi connectivity index (χ4n) is 1.62. The molecular weight excluding hydrogens is 258 g/mol. The van der Waals surface area contributed by atoms with Crippen molar-refractivity contribution >= 4 is 22.9 Å². The van der Waals surface area contributed by atoms with E-state index < -0.39 is 0 Å². The second-order valence-corrected chi connectivity index (χ2v) is 4.87. The highest BCUT2D eigenvalue weighted by Gasteiger charge is 2.07. The van der Waals surface area contributed by atoms with Gasteiger partial charge in [0.05, 0.1) is 4.88 Å². The summed E-state index contributed by atoms with van der Waals surface area (Å²) >= 11 is 1.41. The Morgan fingerprint density at radius 2 is 2.26 bits per heavy atom. The molecule has 0 aliphatic heterocycles. The number of aliphatic hydroxyl groups excluding tert-OH is 1. The van der Waals surface area contributed by atoms with Gasteiger partial charge in [-0.1, -0.05) is 17.9 Å². The summed E-state index contributed by atoms with van der Waals surface area (Å²) in [6.45, 7) is 1.76. The van der Waals surface area contributed by atoms with Crippen molar-refractivity contribution in [2.45, 2.75) is 6.92 Å². The third-order valence-corrected chi connectivity index (χ3v) is 3.40. The van der Waals surface area contributed by atoms with Crippen LogP contribution in [0.2, 0.25) is 0 Å². The van der Waals surface area contributed by atoms with E-state index in [1.165, 1.54) is 11.3 Å². The summed E-state index contributed by atoms with van der Waals surface area (Å²) in [5.74, 6) is 5.36. The number of carbonyl (C=O) groups is 1. The Kier molecular flexibility index (Phi) is 4.35. The number of rotatable bonds is 2. The van der Waals surface area contributed by atoms with Gasteiger partial charge in [-0.25, -0.2) is 0 Å². The van der Waals surface area contributed by atoms with Crippen molar-refractivity contribution < 1.29 is 9.90 Å². The molecular formula is C15H13NO2S. The molecule has 0 aliphatic carbocycles. The number of hydrogen-bond donors (Lipinski definition) is 2. The molecule has 0 fully saturated rings. The van der Waals surface area contributed by atoms with Crippen molar-refractivity contribution in [3.8, 4) is 11.8 Å². The molecule has 2 rings (SSSR count). The molecule has 0 spiro atoms. The highest BCUT2D eigenvalue weighted by molar-refractivity contribution is 7.12. The van der Waals surface area contributed by atoms with Gasteiger partial charge in [0.2, 0.25) is 0 Å². The summed E-state index contributed by atoms with van der Waals surface area (Å²) in [4.78, 5) is 12.6. The van der Waals surface area contributed by atoms with Crippen LogP contribution in [0.1, 0.15) is 20.8 Å². The minimum atomic E-state index is -0.156. The topological polar surface area (TPSA) is 49.3 Å². The van der Waals surface area contributed by atoms with Crippen molar-refractivity contribution in [3.63, 3.8) is 0 Å². The number of aliphatic hydroxyl groups is 1. The predicted molar refractivity (Wildman–Crippen MR) is 77.4 cm³/mol. The number of carbonyl (C=O) groups excluding carboxylic acids is 1. The van der Waals surface area contributed by atoms with Crippen LogP contribution >= 0.6 is 11.3 Å². The summed E-state index contributed by atoms with van der Waals surface area (Å²) in [6.07, 6.45) is 0. The van der Waals surface area contributed by atoms with E-state index in [4.69, 9.17) is 5.11 Å². The van der Waals surface area contributed by atoms with Gasteiger partial charge in [-0.15, -0.1) is 11.3 Å². The molecule has 0 saturated carbocycles. The average Bonchev–Trinajstić information content (AvgIpc) is 2.92. The van der Waals surface area contributed by atoms with Gasteiger partial charge in [0.25, 0.3) is 5.91 Å². The van der Waals surface area contributed by atoms with Crippen LogP contribution in [-0.2, 0) is 0 Å². The van der Waals surface area contributed by atoms with Crippen LogP contribution in [0.4, 0.5) is 5.69 Å². The van der Waals surface area contributed by atoms with Crippen LogP contribution in [0, 0.1) is 18.8 Å². The van der Waals surface area contributed by atoms with E-state index in [1.807, 2.05) is 30.5 Å². The van der Waals surface area contributed by atoms with Crippen LogP contribution in [0.25, 0.3) is 0 Å². The minimum Gasteiger partial charge on any atom is -0.384 e. The lowest BCUT2D eigenvalue weighted by molar-refractivity contribution is 0.103. The fraction of sp³-hybridized carbons (Fsp3) is 0.133. The van der Waals surface area contributed by atoms with Gasteiger partial charge in [0.15, 0.2) is 0 Å². The lowest BCUT2D eigenvalue weighted by atomic mass is 10.1. The molecule has 1 amide bonds. The fourth-order valence-corrected chi connectivity index (χ4v) is 2.24. The Balaban J connectivity index is 2.14. The number of aryl methyl sites for hydroxylation is 1. The highest BCUT2D eigenvalue weighted by atomic mass is 32.1. The predicted octanol–water partition coefficient (Wildman–Crippen LogP) is 2.65. The summed E-state index contributed by atoms with van der Waals surface area (Å²) in [5.41, 5.74) is 2.55. The molecule has 2 N–H and O–H groups in total. The van der Waals surface area contributed by atoms with E-state index in [1.54, 1.807) is 12.1 Å². The molecule has 1 aromatic heterocycles. The first-order chi connectivity index (χ1) is 9.20. The maximum atomic E-state index is 11.9. The van der Waals surface area contributed by atoms with Crippen LogP contribution in [-0.4, -0.2) is 17.6 Å². The molecule has 0 saturated heterocycles. The zero-order chi connectivity index (χ0) is 13.7. The van der Waals surface area contributed by atoms with Crippen molar-refractivity contribution in [2.75, 3.05) is 11.9 Å². The Morgan fingerprint density at radius 3 is 2.89 bits per heavy atom. The lowest BCUT2D eigenvalue weighted by Crippen LogP contribution is -2.10. The van der Waals surface area contributed by atoms with Crippen LogP contribution in [0.15, 0.2) is 35.7 Å². The van der Waals surface area contributed by atoms with E-state index in [2.05, 4.69) is 17.2 Å². The van der Waals surface area contributed by atoms with Gasteiger partial charge in [0, 0.05) is 11.3 Å². The minimum absolute atomic E-state index is 0.108. The average molecular weight is 271 g/mol. The third-order valence-electron chi connectivity index (χ3n) is 2.53. The van der Waals surface area contributed by atoms with Crippen LogP contribution < -0.4 is 5.32 Å². The van der Waals surface area contributed by atoms with Crippen molar-refractivity contribution in [3.05, 3.63) is 51.7 Å². The Labute approximate surface area is 115 Å². The molecule has 1 heterocycles. The van der Waals surface area contributed by atoms with Crippen molar-refractivity contribution in [2.24, 2.45) is 0 Å². The molecule has 3 nitrogen and oxygen atoms in total. The van der Waals surface area contributed by atoms with E-state index in [0.29, 0.717) is 4.88 Å². The largest absolute Gasteiger partial charge is 0.384 e. The van der Waals surface area contributed by atoms with E-state index in [9.17, 15) is 4.79 Å². The van der Waals surface area contributed by atoms with E-state index in [0.717, 1.165) is 16.8 Å². The van der Waals surface area contributed by atoms with E-state index >= 15 is 0 Å². The quantitative estimate of drug-likeness (QED) is 0.825. The second-order valence-electron chi connectivity index (χ2n) is 3.92. The Hall–Kier alpha value is -2.09.